The minimum Gasteiger partial charge on any atom is -0.394 e. The van der Waals surface area contributed by atoms with Crippen molar-refractivity contribution in [1.82, 2.24) is 10.0 Å². The highest BCUT2D eigenvalue weighted by molar-refractivity contribution is 7.89. The average Bonchev–Trinajstić information content (AvgIpc) is 2.46. The van der Waals surface area contributed by atoms with Crippen molar-refractivity contribution in [3.05, 3.63) is 0 Å². The van der Waals surface area contributed by atoms with Crippen molar-refractivity contribution in [2.24, 2.45) is 5.92 Å². The molecule has 134 valence electrons. The predicted octanol–water partition coefficient (Wildman–Crippen LogP) is 0.141. The minimum absolute atomic E-state index is 0.0626. The Bertz CT molecular complexity index is 492. The Kier molecular flexibility index (Phi) is 6.82. The van der Waals surface area contributed by atoms with Gasteiger partial charge < -0.3 is 15.2 Å². The number of nitrogens with one attached hydrogen (secondary N) is 2. The molecule has 1 saturated heterocycles. The number of ether oxygens (including phenoxy) is 1. The summed E-state index contributed by atoms with van der Waals surface area (Å²) in [5.74, 6) is 0.250. The molecule has 1 heterocycles. The lowest BCUT2D eigenvalue weighted by atomic mass is 9.84. The van der Waals surface area contributed by atoms with Gasteiger partial charge >= 0.3 is 0 Å². The number of hydrogen-bond donors (Lipinski definition) is 3. The molecule has 23 heavy (non-hydrogen) atoms. The van der Waals surface area contributed by atoms with E-state index in [0.29, 0.717) is 13.0 Å². The molecule has 1 amide bonds. The highest BCUT2D eigenvalue weighted by Gasteiger charge is 2.34. The predicted molar refractivity (Wildman–Crippen MR) is 86.3 cm³/mol. The van der Waals surface area contributed by atoms with Crippen molar-refractivity contribution >= 4 is 15.9 Å². The Morgan fingerprint density at radius 1 is 1.26 bits per heavy atom. The quantitative estimate of drug-likeness (QED) is 0.579. The summed E-state index contributed by atoms with van der Waals surface area (Å²) in [6.07, 6.45) is 4.56. The summed E-state index contributed by atoms with van der Waals surface area (Å²) in [7, 11) is -3.18. The van der Waals surface area contributed by atoms with Gasteiger partial charge in [-0.1, -0.05) is 6.42 Å². The molecule has 0 unspecified atom stereocenters. The lowest BCUT2D eigenvalue weighted by Crippen LogP contribution is -2.53. The molecular formula is C15H28N2O5S. The molecule has 0 spiro atoms. The lowest BCUT2D eigenvalue weighted by molar-refractivity contribution is -0.134. The summed E-state index contributed by atoms with van der Waals surface area (Å²) in [4.78, 5) is 12.0. The van der Waals surface area contributed by atoms with Crippen molar-refractivity contribution in [3.8, 4) is 0 Å². The second-order valence-electron chi connectivity index (χ2n) is 6.39. The van der Waals surface area contributed by atoms with Crippen molar-refractivity contribution in [1.29, 1.82) is 0 Å². The highest BCUT2D eigenvalue weighted by Crippen LogP contribution is 2.28. The van der Waals surface area contributed by atoms with Crippen LogP contribution in [0.3, 0.4) is 0 Å². The summed E-state index contributed by atoms with van der Waals surface area (Å²) >= 11 is 0. The molecule has 7 nitrogen and oxygen atoms in total. The summed E-state index contributed by atoms with van der Waals surface area (Å²) in [6.45, 7) is 1.78. The van der Waals surface area contributed by atoms with Crippen LogP contribution in [0.2, 0.25) is 0 Å². The van der Waals surface area contributed by atoms with Crippen LogP contribution < -0.4 is 10.0 Å². The summed E-state index contributed by atoms with van der Waals surface area (Å²) < 4.78 is 31.1. The van der Waals surface area contributed by atoms with Gasteiger partial charge in [-0.3, -0.25) is 4.79 Å². The maximum Gasteiger partial charge on any atom is 0.223 e. The molecule has 8 heteroatoms. The standard InChI is InChI=1S/C15H28N2O5S/c1-2-23(20,21)16-9-8-12-6-7-13(14(10-18)22-12)17-15(19)11-4-3-5-11/h11-14,16,18H,2-10H2,1H3,(H,17,19)/t12-,13-,14+/m1/s1. The molecule has 0 aromatic heterocycles. The number of rotatable bonds is 8. The zero-order chi connectivity index (χ0) is 16.9. The van der Waals surface area contributed by atoms with Crippen LogP contribution in [0.1, 0.15) is 45.4 Å². The van der Waals surface area contributed by atoms with Gasteiger partial charge in [0.2, 0.25) is 15.9 Å². The molecule has 0 radical (unpaired) electrons. The SMILES string of the molecule is CCS(=O)(=O)NCC[C@H]1CC[C@@H](NC(=O)C2CCC2)[C@H](CO)O1. The van der Waals surface area contributed by atoms with Gasteiger partial charge in [-0.15, -0.1) is 0 Å². The van der Waals surface area contributed by atoms with Crippen LogP contribution in [0.4, 0.5) is 0 Å². The Morgan fingerprint density at radius 2 is 2.00 bits per heavy atom. The van der Waals surface area contributed by atoms with Gasteiger partial charge in [0, 0.05) is 12.5 Å². The fourth-order valence-electron chi connectivity index (χ4n) is 2.96. The maximum atomic E-state index is 12.0. The number of hydrogen-bond acceptors (Lipinski definition) is 5. The maximum absolute atomic E-state index is 12.0. The number of carbonyl (C=O) groups excluding carboxylic acids is 1. The topological polar surface area (TPSA) is 105 Å². The zero-order valence-electron chi connectivity index (χ0n) is 13.7. The lowest BCUT2D eigenvalue weighted by Gasteiger charge is -2.37. The first-order chi connectivity index (χ1) is 10.9. The van der Waals surface area contributed by atoms with Gasteiger partial charge in [0.1, 0.15) is 6.10 Å². The first-order valence-electron chi connectivity index (χ1n) is 8.49. The van der Waals surface area contributed by atoms with Crippen molar-refractivity contribution in [2.75, 3.05) is 18.9 Å². The van der Waals surface area contributed by atoms with E-state index in [1.165, 1.54) is 0 Å². The number of sulfonamides is 1. The van der Waals surface area contributed by atoms with E-state index in [-0.39, 0.29) is 36.3 Å². The van der Waals surface area contributed by atoms with Crippen molar-refractivity contribution in [2.45, 2.75) is 63.7 Å². The molecule has 2 aliphatic rings. The van der Waals surface area contributed by atoms with E-state index in [1.807, 2.05) is 0 Å². The molecule has 0 aromatic carbocycles. The fourth-order valence-corrected chi connectivity index (χ4v) is 3.59. The Hall–Kier alpha value is -0.700. The van der Waals surface area contributed by atoms with E-state index in [0.717, 1.165) is 32.1 Å². The second kappa shape index (κ2) is 8.41. The van der Waals surface area contributed by atoms with E-state index < -0.39 is 16.1 Å². The summed E-state index contributed by atoms with van der Waals surface area (Å²) in [5.41, 5.74) is 0. The Labute approximate surface area is 138 Å². The molecule has 1 aliphatic carbocycles. The van der Waals surface area contributed by atoms with E-state index in [4.69, 9.17) is 4.74 Å². The van der Waals surface area contributed by atoms with E-state index in [2.05, 4.69) is 10.0 Å². The third-order valence-corrected chi connectivity index (χ3v) is 6.17. The van der Waals surface area contributed by atoms with Crippen molar-refractivity contribution < 1.29 is 23.1 Å². The molecular weight excluding hydrogens is 320 g/mol. The zero-order valence-corrected chi connectivity index (χ0v) is 14.5. The number of aliphatic hydroxyl groups is 1. The number of amides is 1. The Balaban J connectivity index is 1.75. The third kappa shape index (κ3) is 5.41. The molecule has 1 saturated carbocycles. The van der Waals surface area contributed by atoms with Crippen molar-refractivity contribution in [3.63, 3.8) is 0 Å². The van der Waals surface area contributed by atoms with Crippen LogP contribution in [0, 0.1) is 5.92 Å². The first-order valence-corrected chi connectivity index (χ1v) is 10.1. The third-order valence-electron chi connectivity index (χ3n) is 4.77. The monoisotopic (exact) mass is 348 g/mol. The van der Waals surface area contributed by atoms with Crippen LogP contribution in [0.15, 0.2) is 0 Å². The van der Waals surface area contributed by atoms with Gasteiger partial charge in [0.15, 0.2) is 0 Å². The van der Waals surface area contributed by atoms with Crippen LogP contribution in [0.5, 0.6) is 0 Å². The second-order valence-corrected chi connectivity index (χ2v) is 8.48. The molecule has 3 N–H and O–H groups in total. The minimum atomic E-state index is -3.18. The molecule has 3 atom stereocenters. The number of carbonyl (C=O) groups is 1. The fraction of sp³-hybridized carbons (Fsp3) is 0.933. The number of aliphatic hydroxyl groups excluding tert-OH is 1. The van der Waals surface area contributed by atoms with Gasteiger partial charge in [0.25, 0.3) is 0 Å². The Morgan fingerprint density at radius 3 is 2.57 bits per heavy atom. The summed E-state index contributed by atoms with van der Waals surface area (Å²) in [6, 6.07) is -0.156. The molecule has 1 aliphatic heterocycles. The van der Waals surface area contributed by atoms with Crippen LogP contribution in [0.25, 0.3) is 0 Å². The van der Waals surface area contributed by atoms with Gasteiger partial charge in [0.05, 0.1) is 24.5 Å². The van der Waals surface area contributed by atoms with E-state index in [9.17, 15) is 18.3 Å². The normalized spacial score (nSPS) is 29.0. The largest absolute Gasteiger partial charge is 0.394 e. The molecule has 2 rings (SSSR count). The van der Waals surface area contributed by atoms with Crippen LogP contribution >= 0.6 is 0 Å². The average molecular weight is 348 g/mol. The van der Waals surface area contributed by atoms with Gasteiger partial charge in [-0.25, -0.2) is 13.1 Å². The van der Waals surface area contributed by atoms with Crippen LogP contribution in [-0.2, 0) is 19.6 Å². The van der Waals surface area contributed by atoms with E-state index >= 15 is 0 Å². The van der Waals surface area contributed by atoms with E-state index in [1.54, 1.807) is 6.92 Å². The molecule has 2 fully saturated rings. The summed E-state index contributed by atoms with van der Waals surface area (Å²) in [5, 5.41) is 12.5. The molecule has 0 aromatic rings. The van der Waals surface area contributed by atoms with Crippen LogP contribution in [-0.4, -0.2) is 56.6 Å². The van der Waals surface area contributed by atoms with Gasteiger partial charge in [-0.05, 0) is 39.0 Å². The first kappa shape index (κ1) is 18.6. The highest BCUT2D eigenvalue weighted by atomic mass is 32.2. The smallest absolute Gasteiger partial charge is 0.223 e. The molecule has 0 bridgehead atoms. The van der Waals surface area contributed by atoms with Gasteiger partial charge in [-0.2, -0.15) is 0 Å².